The molecule has 7 unspecified atom stereocenters. The van der Waals surface area contributed by atoms with Crippen LogP contribution < -0.4 is 11.1 Å². The van der Waals surface area contributed by atoms with Gasteiger partial charge in [0.2, 0.25) is 0 Å². The van der Waals surface area contributed by atoms with Crippen LogP contribution in [0.1, 0.15) is 58.3 Å². The Hall–Kier alpha value is -0.860. The molecule has 4 rings (SSSR count). The van der Waals surface area contributed by atoms with E-state index >= 15 is 0 Å². The summed E-state index contributed by atoms with van der Waals surface area (Å²) in [4.78, 5) is 0. The summed E-state index contributed by atoms with van der Waals surface area (Å²) in [6, 6.07) is 0.730. The minimum absolute atomic E-state index is 0.245. The second-order valence-corrected chi connectivity index (χ2v) is 9.06. The highest BCUT2D eigenvalue weighted by Crippen LogP contribution is 2.43. The minimum Gasteiger partial charge on any atom is -0.327 e. The number of hydrogen-bond acceptors (Lipinski definition) is 2. The number of hydrogen-bond donors (Lipinski definition) is 2. The Morgan fingerprint density at radius 2 is 1.96 bits per heavy atom. The van der Waals surface area contributed by atoms with E-state index in [0.29, 0.717) is 12.0 Å². The van der Waals surface area contributed by atoms with E-state index in [-0.39, 0.29) is 6.04 Å². The normalized spacial score (nSPS) is 42.6. The molecule has 1 saturated heterocycles. The highest BCUT2D eigenvalue weighted by Gasteiger charge is 2.38. The molecule has 1 heterocycles. The van der Waals surface area contributed by atoms with Crippen LogP contribution >= 0.6 is 0 Å². The zero-order chi connectivity index (χ0) is 17.2. The maximum atomic E-state index is 6.37. The molecule has 0 saturated carbocycles. The van der Waals surface area contributed by atoms with Gasteiger partial charge in [0.05, 0.1) is 0 Å². The van der Waals surface area contributed by atoms with Gasteiger partial charge >= 0.3 is 0 Å². The largest absolute Gasteiger partial charge is 0.327 e. The van der Waals surface area contributed by atoms with Crippen LogP contribution in [-0.2, 0) is 0 Å². The number of nitrogens with one attached hydrogen (secondary N) is 1. The maximum absolute atomic E-state index is 6.37. The lowest BCUT2D eigenvalue weighted by molar-refractivity contribution is 0.158. The van der Waals surface area contributed by atoms with Crippen LogP contribution in [0.25, 0.3) is 0 Å². The zero-order valence-corrected chi connectivity index (χ0v) is 15.9. The molecule has 0 aromatic rings. The van der Waals surface area contributed by atoms with E-state index in [4.69, 9.17) is 5.73 Å². The van der Waals surface area contributed by atoms with Gasteiger partial charge in [-0.15, -0.1) is 0 Å². The summed E-state index contributed by atoms with van der Waals surface area (Å²) < 4.78 is 0. The summed E-state index contributed by atoms with van der Waals surface area (Å²) in [6.45, 7) is 3.33. The molecule has 7 atom stereocenters. The topological polar surface area (TPSA) is 38.0 Å². The molecule has 1 fully saturated rings. The molecule has 0 spiro atoms. The van der Waals surface area contributed by atoms with Crippen molar-refractivity contribution in [1.29, 1.82) is 0 Å². The second-order valence-electron chi connectivity index (χ2n) is 9.06. The molecular weight excluding hydrogens is 304 g/mol. The van der Waals surface area contributed by atoms with Gasteiger partial charge in [0, 0.05) is 18.6 Å². The number of fused-ring (bicyclic) bond motifs is 1. The number of allylic oxidation sites excluding steroid dienone is 5. The van der Waals surface area contributed by atoms with Crippen LogP contribution in [0.2, 0.25) is 0 Å². The fourth-order valence-corrected chi connectivity index (χ4v) is 5.97. The third-order valence-electron chi connectivity index (χ3n) is 7.39. The summed E-state index contributed by atoms with van der Waals surface area (Å²) >= 11 is 0. The van der Waals surface area contributed by atoms with Gasteiger partial charge in [0.1, 0.15) is 0 Å². The average Bonchev–Trinajstić information content (AvgIpc) is 2.67. The first-order valence-electron chi connectivity index (χ1n) is 10.7. The first-order valence-corrected chi connectivity index (χ1v) is 10.7. The summed E-state index contributed by atoms with van der Waals surface area (Å²) in [7, 11) is 0. The highest BCUT2D eigenvalue weighted by atomic mass is 15.0. The molecule has 1 aliphatic heterocycles. The van der Waals surface area contributed by atoms with Crippen molar-refractivity contribution in [3.05, 3.63) is 36.0 Å². The Labute approximate surface area is 154 Å². The van der Waals surface area contributed by atoms with Crippen molar-refractivity contribution in [2.45, 2.75) is 70.4 Å². The molecule has 3 aliphatic carbocycles. The third kappa shape index (κ3) is 3.80. The Balaban J connectivity index is 1.48. The average molecular weight is 341 g/mol. The van der Waals surface area contributed by atoms with Gasteiger partial charge in [-0.1, -0.05) is 36.0 Å². The second kappa shape index (κ2) is 7.80. The molecule has 2 nitrogen and oxygen atoms in total. The number of nitrogens with two attached hydrogens (primary N) is 1. The maximum Gasteiger partial charge on any atom is 0.0250 e. The van der Waals surface area contributed by atoms with Gasteiger partial charge in [-0.3, -0.25) is 0 Å². The molecule has 4 aliphatic rings. The van der Waals surface area contributed by atoms with Crippen LogP contribution in [0.3, 0.4) is 0 Å². The smallest absolute Gasteiger partial charge is 0.0250 e. The molecule has 0 bridgehead atoms. The Morgan fingerprint density at radius 1 is 1.12 bits per heavy atom. The van der Waals surface area contributed by atoms with E-state index in [1.54, 1.807) is 5.57 Å². The van der Waals surface area contributed by atoms with Crippen molar-refractivity contribution >= 4 is 0 Å². The number of piperidine rings is 1. The molecule has 138 valence electrons. The highest BCUT2D eigenvalue weighted by molar-refractivity contribution is 5.19. The van der Waals surface area contributed by atoms with Gasteiger partial charge in [0.25, 0.3) is 0 Å². The van der Waals surface area contributed by atoms with Gasteiger partial charge in [0.15, 0.2) is 0 Å². The van der Waals surface area contributed by atoms with Crippen molar-refractivity contribution in [1.82, 2.24) is 5.32 Å². The molecule has 25 heavy (non-hydrogen) atoms. The summed E-state index contributed by atoms with van der Waals surface area (Å²) in [5.74, 6) is 3.91. The van der Waals surface area contributed by atoms with Crippen LogP contribution in [-0.4, -0.2) is 18.6 Å². The fourth-order valence-electron chi connectivity index (χ4n) is 5.97. The summed E-state index contributed by atoms with van der Waals surface area (Å²) in [6.07, 6.45) is 23.0. The van der Waals surface area contributed by atoms with E-state index in [1.807, 2.05) is 0 Å². The van der Waals surface area contributed by atoms with Crippen LogP contribution in [0.15, 0.2) is 36.0 Å². The minimum atomic E-state index is 0.245. The molecule has 2 heteroatoms. The quantitative estimate of drug-likeness (QED) is 0.738. The van der Waals surface area contributed by atoms with E-state index in [1.165, 1.54) is 51.4 Å². The van der Waals surface area contributed by atoms with Gasteiger partial charge in [-0.2, -0.15) is 0 Å². The standard InChI is InChI=1S/C23H36N2/c1-16(24)23-22(18-8-3-2-4-9-18)14-21(15-25-23)20-12-11-17-7-5-6-10-19(17)13-20/h3,5,7-8,12,16-19,21-23,25H,2,4,6,9-11,13-15,24H2,1H3. The first kappa shape index (κ1) is 17.5. The van der Waals surface area contributed by atoms with E-state index in [0.717, 1.165) is 30.2 Å². The lowest BCUT2D eigenvalue weighted by Gasteiger charge is -2.45. The van der Waals surface area contributed by atoms with Crippen molar-refractivity contribution in [3.8, 4) is 0 Å². The third-order valence-corrected chi connectivity index (χ3v) is 7.39. The Kier molecular flexibility index (Phi) is 5.47. The summed E-state index contributed by atoms with van der Waals surface area (Å²) in [5, 5.41) is 3.87. The Bertz CT molecular complexity index is 544. The van der Waals surface area contributed by atoms with Crippen LogP contribution in [0.5, 0.6) is 0 Å². The zero-order valence-electron chi connectivity index (χ0n) is 15.9. The predicted octanol–water partition coefficient (Wildman–Crippen LogP) is 4.59. The van der Waals surface area contributed by atoms with Crippen LogP contribution in [0.4, 0.5) is 0 Å². The predicted molar refractivity (Wildman–Crippen MR) is 106 cm³/mol. The fraction of sp³-hybridized carbons (Fsp3) is 0.739. The van der Waals surface area contributed by atoms with Crippen molar-refractivity contribution in [2.75, 3.05) is 6.54 Å². The van der Waals surface area contributed by atoms with Gasteiger partial charge in [-0.25, -0.2) is 0 Å². The molecule has 0 aromatic heterocycles. The molecular formula is C23H36N2. The first-order chi connectivity index (χ1) is 12.2. The monoisotopic (exact) mass is 340 g/mol. The SMILES string of the molecule is CC(N)C1NCC(C2=CCC3C=CCCC3C2)CC1C1C=CCCC1. The number of rotatable bonds is 3. The molecule has 0 amide bonds. The van der Waals surface area contributed by atoms with E-state index in [9.17, 15) is 0 Å². The van der Waals surface area contributed by atoms with E-state index in [2.05, 4.69) is 42.6 Å². The van der Waals surface area contributed by atoms with Gasteiger partial charge in [-0.05, 0) is 87.9 Å². The van der Waals surface area contributed by atoms with Crippen LogP contribution in [0, 0.1) is 29.6 Å². The van der Waals surface area contributed by atoms with Crippen molar-refractivity contribution in [3.63, 3.8) is 0 Å². The van der Waals surface area contributed by atoms with Crippen molar-refractivity contribution < 1.29 is 0 Å². The van der Waals surface area contributed by atoms with E-state index < -0.39 is 0 Å². The van der Waals surface area contributed by atoms with Gasteiger partial charge < -0.3 is 11.1 Å². The molecule has 3 N–H and O–H groups in total. The lowest BCUT2D eigenvalue weighted by atomic mass is 9.67. The Morgan fingerprint density at radius 3 is 2.76 bits per heavy atom. The summed E-state index contributed by atoms with van der Waals surface area (Å²) in [5.41, 5.74) is 8.13. The molecule has 0 aromatic carbocycles. The molecule has 0 radical (unpaired) electrons. The van der Waals surface area contributed by atoms with Crippen molar-refractivity contribution in [2.24, 2.45) is 35.3 Å². The lowest BCUT2D eigenvalue weighted by Crippen LogP contribution is -2.56.